The van der Waals surface area contributed by atoms with E-state index in [1.807, 2.05) is 37.3 Å². The number of hydrogen-bond acceptors (Lipinski definition) is 3. The Morgan fingerprint density at radius 1 is 1.16 bits per heavy atom. The van der Waals surface area contributed by atoms with Gasteiger partial charge in [0, 0.05) is 6.54 Å². The van der Waals surface area contributed by atoms with Crippen LogP contribution in [-0.4, -0.2) is 25.0 Å². The van der Waals surface area contributed by atoms with Crippen LogP contribution in [0.1, 0.15) is 28.8 Å². The maximum absolute atomic E-state index is 13.4. The van der Waals surface area contributed by atoms with Gasteiger partial charge in [-0.2, -0.15) is 0 Å². The van der Waals surface area contributed by atoms with Crippen LogP contribution in [0.5, 0.6) is 0 Å². The summed E-state index contributed by atoms with van der Waals surface area (Å²) in [4.78, 5) is 23.7. The molecule has 0 saturated heterocycles. The Bertz CT molecular complexity index is 768. The molecule has 0 aliphatic heterocycles. The zero-order valence-electron chi connectivity index (χ0n) is 13.4. The van der Waals surface area contributed by atoms with E-state index in [2.05, 4.69) is 5.32 Å². The van der Waals surface area contributed by atoms with Gasteiger partial charge in [-0.05, 0) is 23.6 Å². The molecule has 2 rings (SSSR count). The quantitative estimate of drug-likeness (QED) is 0.600. The molecule has 1 N–H and O–H groups in total. The molecule has 2 aromatic carbocycles. The van der Waals surface area contributed by atoms with Crippen molar-refractivity contribution < 1.29 is 18.7 Å². The lowest BCUT2D eigenvalue weighted by Crippen LogP contribution is -2.31. The third kappa shape index (κ3) is 5.44. The first-order valence-corrected chi connectivity index (χ1v) is 8.27. The summed E-state index contributed by atoms with van der Waals surface area (Å²) in [6.07, 6.45) is 0. The standard InChI is InChI=1S/C18H16Cl2FNO3/c1-11(12-5-3-2-4-6-12)9-22-17(23)10-25-18(24)13-7-16(21)15(20)8-14(13)19/h2-8,11H,9-10H2,1H3,(H,22,23)/t11-/m0/s1. The zero-order valence-corrected chi connectivity index (χ0v) is 14.9. The fourth-order valence-electron chi connectivity index (χ4n) is 2.11. The van der Waals surface area contributed by atoms with Gasteiger partial charge in [0.1, 0.15) is 5.82 Å². The van der Waals surface area contributed by atoms with E-state index in [1.165, 1.54) is 0 Å². The molecule has 2 aromatic rings. The number of rotatable bonds is 6. The highest BCUT2D eigenvalue weighted by atomic mass is 35.5. The normalized spacial score (nSPS) is 11.7. The largest absolute Gasteiger partial charge is 0.452 e. The van der Waals surface area contributed by atoms with E-state index in [9.17, 15) is 14.0 Å². The van der Waals surface area contributed by atoms with E-state index >= 15 is 0 Å². The minimum Gasteiger partial charge on any atom is -0.452 e. The highest BCUT2D eigenvalue weighted by molar-refractivity contribution is 6.36. The second-order valence-corrected chi connectivity index (χ2v) is 6.25. The number of hydrogen-bond donors (Lipinski definition) is 1. The fourth-order valence-corrected chi connectivity index (χ4v) is 2.57. The number of halogens is 3. The van der Waals surface area contributed by atoms with Gasteiger partial charge in [0.05, 0.1) is 15.6 Å². The molecule has 0 unspecified atom stereocenters. The highest BCUT2D eigenvalue weighted by Gasteiger charge is 2.17. The molecule has 1 amide bonds. The van der Waals surface area contributed by atoms with Crippen LogP contribution < -0.4 is 5.32 Å². The summed E-state index contributed by atoms with van der Waals surface area (Å²) in [6.45, 7) is 1.88. The van der Waals surface area contributed by atoms with Crippen molar-refractivity contribution in [2.45, 2.75) is 12.8 Å². The zero-order chi connectivity index (χ0) is 18.4. The first kappa shape index (κ1) is 19.2. The third-order valence-corrected chi connectivity index (χ3v) is 4.14. The molecule has 0 spiro atoms. The molecule has 7 heteroatoms. The summed E-state index contributed by atoms with van der Waals surface area (Å²) in [5.41, 5.74) is 0.900. The van der Waals surface area contributed by atoms with E-state index in [-0.39, 0.29) is 21.5 Å². The molecule has 1 atom stereocenters. The Morgan fingerprint density at radius 2 is 1.84 bits per heavy atom. The van der Waals surface area contributed by atoms with Crippen LogP contribution in [0.3, 0.4) is 0 Å². The Morgan fingerprint density at radius 3 is 2.52 bits per heavy atom. The second-order valence-electron chi connectivity index (χ2n) is 5.44. The lowest BCUT2D eigenvalue weighted by molar-refractivity contribution is -0.124. The van der Waals surface area contributed by atoms with Crippen LogP contribution in [0.2, 0.25) is 10.0 Å². The summed E-state index contributed by atoms with van der Waals surface area (Å²) < 4.78 is 18.3. The number of carbonyl (C=O) groups is 2. The number of esters is 1. The van der Waals surface area contributed by atoms with Gasteiger partial charge < -0.3 is 10.1 Å². The molecular formula is C18H16Cl2FNO3. The van der Waals surface area contributed by atoms with Gasteiger partial charge in [0.25, 0.3) is 5.91 Å². The molecule has 25 heavy (non-hydrogen) atoms. The van der Waals surface area contributed by atoms with E-state index in [0.29, 0.717) is 6.54 Å². The Kier molecular flexibility index (Phi) is 6.79. The molecule has 0 saturated carbocycles. The van der Waals surface area contributed by atoms with E-state index in [4.69, 9.17) is 27.9 Å². The van der Waals surface area contributed by atoms with Gasteiger partial charge in [-0.25, -0.2) is 9.18 Å². The molecule has 4 nitrogen and oxygen atoms in total. The van der Waals surface area contributed by atoms with Crippen molar-refractivity contribution >= 4 is 35.1 Å². The monoisotopic (exact) mass is 383 g/mol. The number of amides is 1. The summed E-state index contributed by atoms with van der Waals surface area (Å²) >= 11 is 11.4. The van der Waals surface area contributed by atoms with Crippen molar-refractivity contribution in [3.05, 3.63) is 69.5 Å². The lowest BCUT2D eigenvalue weighted by Gasteiger charge is -2.13. The minimum absolute atomic E-state index is 0.0468. The van der Waals surface area contributed by atoms with Crippen LogP contribution in [0, 0.1) is 5.82 Å². The van der Waals surface area contributed by atoms with Gasteiger partial charge in [-0.15, -0.1) is 0 Å². The van der Waals surface area contributed by atoms with Crippen LogP contribution in [0.15, 0.2) is 42.5 Å². The summed E-state index contributed by atoms with van der Waals surface area (Å²) in [5.74, 6) is -2.03. The molecule has 0 bridgehead atoms. The molecule has 0 aliphatic carbocycles. The van der Waals surface area contributed by atoms with Crippen molar-refractivity contribution in [1.82, 2.24) is 5.32 Å². The van der Waals surface area contributed by atoms with Gasteiger partial charge >= 0.3 is 5.97 Å². The molecule has 0 fully saturated rings. The predicted octanol–water partition coefficient (Wildman–Crippen LogP) is 4.21. The first-order valence-electron chi connectivity index (χ1n) is 7.51. The van der Waals surface area contributed by atoms with Crippen molar-refractivity contribution in [2.24, 2.45) is 0 Å². The Labute approximate surface area is 154 Å². The number of ether oxygens (including phenoxy) is 1. The number of carbonyl (C=O) groups excluding carboxylic acids is 2. The fraction of sp³-hybridized carbons (Fsp3) is 0.222. The van der Waals surface area contributed by atoms with Gasteiger partial charge in [-0.3, -0.25) is 4.79 Å². The average Bonchev–Trinajstić information content (AvgIpc) is 2.61. The molecule has 0 radical (unpaired) electrons. The molecular weight excluding hydrogens is 368 g/mol. The van der Waals surface area contributed by atoms with E-state index < -0.39 is 24.3 Å². The average molecular weight is 384 g/mol. The van der Waals surface area contributed by atoms with Crippen LogP contribution in [0.4, 0.5) is 4.39 Å². The van der Waals surface area contributed by atoms with Crippen LogP contribution in [-0.2, 0) is 9.53 Å². The van der Waals surface area contributed by atoms with Crippen molar-refractivity contribution in [3.8, 4) is 0 Å². The third-order valence-electron chi connectivity index (χ3n) is 3.54. The summed E-state index contributed by atoms with van der Waals surface area (Å²) in [6, 6.07) is 11.7. The maximum atomic E-state index is 13.4. The van der Waals surface area contributed by atoms with Gasteiger partial charge in [-0.1, -0.05) is 60.5 Å². The van der Waals surface area contributed by atoms with Crippen molar-refractivity contribution in [1.29, 1.82) is 0 Å². The predicted molar refractivity (Wildman–Crippen MR) is 94.6 cm³/mol. The van der Waals surface area contributed by atoms with E-state index in [1.54, 1.807) is 0 Å². The molecule has 132 valence electrons. The number of benzene rings is 2. The number of nitrogens with one attached hydrogen (secondary N) is 1. The van der Waals surface area contributed by atoms with Crippen LogP contribution in [0.25, 0.3) is 0 Å². The SMILES string of the molecule is C[C@@H](CNC(=O)COC(=O)c1cc(F)c(Cl)cc1Cl)c1ccccc1. The second kappa shape index (κ2) is 8.83. The Hall–Kier alpha value is -2.11. The highest BCUT2D eigenvalue weighted by Crippen LogP contribution is 2.24. The topological polar surface area (TPSA) is 55.4 Å². The lowest BCUT2D eigenvalue weighted by atomic mass is 10.0. The van der Waals surface area contributed by atoms with Crippen molar-refractivity contribution in [3.63, 3.8) is 0 Å². The van der Waals surface area contributed by atoms with Gasteiger partial charge in [0.15, 0.2) is 6.61 Å². The van der Waals surface area contributed by atoms with E-state index in [0.717, 1.165) is 17.7 Å². The van der Waals surface area contributed by atoms with Gasteiger partial charge in [0.2, 0.25) is 0 Å². The van der Waals surface area contributed by atoms with Crippen LogP contribution >= 0.6 is 23.2 Å². The molecule has 0 aliphatic rings. The molecule has 0 aromatic heterocycles. The smallest absolute Gasteiger partial charge is 0.340 e. The minimum atomic E-state index is -0.896. The first-order chi connectivity index (χ1) is 11.9. The van der Waals surface area contributed by atoms with Crippen molar-refractivity contribution in [2.75, 3.05) is 13.2 Å². The maximum Gasteiger partial charge on any atom is 0.340 e. The molecule has 0 heterocycles. The Balaban J connectivity index is 1.84. The summed E-state index contributed by atoms with van der Waals surface area (Å²) in [7, 11) is 0. The summed E-state index contributed by atoms with van der Waals surface area (Å²) in [5, 5.41) is 2.43.